The molecule has 0 saturated carbocycles. The van der Waals surface area contributed by atoms with Gasteiger partial charge in [0.25, 0.3) is 0 Å². The van der Waals surface area contributed by atoms with Crippen LogP contribution in [-0.2, 0) is 0 Å². The Morgan fingerprint density at radius 3 is 2.88 bits per heavy atom. The average Bonchev–Trinajstić information content (AvgIpc) is 1.81. The van der Waals surface area contributed by atoms with Gasteiger partial charge in [-0.25, -0.2) is 0 Å². The molecule has 2 nitrogen and oxygen atoms in total. The number of nitrogens with one attached hydrogen (secondary N) is 1. The van der Waals surface area contributed by atoms with E-state index in [0.717, 1.165) is 19.2 Å². The number of hydrogen-bond acceptors (Lipinski definition) is 2. The largest absolute Gasteiger partial charge is 0.514 e. The summed E-state index contributed by atoms with van der Waals surface area (Å²) in [5, 5.41) is 11.0. The Labute approximate surface area is 50.2 Å². The molecule has 0 fully saturated rings. The van der Waals surface area contributed by atoms with Crippen molar-refractivity contribution in [1.82, 2.24) is 5.32 Å². The van der Waals surface area contributed by atoms with Gasteiger partial charge in [-0.15, -0.1) is 0 Å². The molecular formula is C6H13NO. The van der Waals surface area contributed by atoms with Crippen molar-refractivity contribution in [2.24, 2.45) is 0 Å². The fourth-order valence-corrected chi connectivity index (χ4v) is 0.415. The summed E-state index contributed by atoms with van der Waals surface area (Å²) in [4.78, 5) is 0. The number of hydrogen-bond donors (Lipinski definition) is 2. The van der Waals surface area contributed by atoms with E-state index in [1.165, 1.54) is 12.6 Å². The molecule has 0 bridgehead atoms. The van der Waals surface area contributed by atoms with Gasteiger partial charge in [-0.05, 0) is 6.42 Å². The third-order valence-corrected chi connectivity index (χ3v) is 0.867. The van der Waals surface area contributed by atoms with E-state index in [1.54, 1.807) is 0 Å². The molecule has 2 heteroatoms. The Morgan fingerprint density at radius 1 is 1.62 bits per heavy atom. The van der Waals surface area contributed by atoms with E-state index in [1.807, 2.05) is 0 Å². The van der Waals surface area contributed by atoms with Crippen LogP contribution in [0.5, 0.6) is 0 Å². The fourth-order valence-electron chi connectivity index (χ4n) is 0.415. The average molecular weight is 115 g/mol. The molecule has 0 aliphatic heterocycles. The van der Waals surface area contributed by atoms with Crippen molar-refractivity contribution in [2.45, 2.75) is 19.8 Å². The quantitative estimate of drug-likeness (QED) is 0.429. The first-order valence-corrected chi connectivity index (χ1v) is 2.94. The second-order valence-electron chi connectivity index (χ2n) is 1.62. The number of unbranched alkanes of at least 4 members (excludes halogenated alkanes) is 1. The maximum Gasteiger partial charge on any atom is 0.0948 e. The highest BCUT2D eigenvalue weighted by Crippen LogP contribution is 1.80. The van der Waals surface area contributed by atoms with Gasteiger partial charge in [0.05, 0.1) is 6.26 Å². The van der Waals surface area contributed by atoms with E-state index >= 15 is 0 Å². The monoisotopic (exact) mass is 115 g/mol. The minimum Gasteiger partial charge on any atom is -0.514 e. The highest BCUT2D eigenvalue weighted by Gasteiger charge is 1.75. The number of rotatable bonds is 4. The third-order valence-electron chi connectivity index (χ3n) is 0.867. The van der Waals surface area contributed by atoms with Gasteiger partial charge >= 0.3 is 0 Å². The van der Waals surface area contributed by atoms with E-state index in [2.05, 4.69) is 12.2 Å². The lowest BCUT2D eigenvalue weighted by Crippen LogP contribution is -2.05. The molecule has 0 aliphatic carbocycles. The zero-order valence-corrected chi connectivity index (χ0v) is 5.22. The standard InChI is InChI=1S/C6H13NO/c1-2-3-4-7-5-6-8/h5-8H,2-4H2,1H3. The molecule has 0 radical (unpaired) electrons. The predicted molar refractivity (Wildman–Crippen MR) is 34.7 cm³/mol. The Balaban J connectivity index is 2.72. The molecule has 8 heavy (non-hydrogen) atoms. The highest BCUT2D eigenvalue weighted by molar-refractivity contribution is 4.67. The SMILES string of the molecule is CCCCNC=CO. The molecule has 0 aromatic heterocycles. The minimum atomic E-state index is 0.952. The Kier molecular flexibility index (Phi) is 5.82. The third kappa shape index (κ3) is 5.34. The molecule has 0 aliphatic rings. The van der Waals surface area contributed by atoms with E-state index in [-0.39, 0.29) is 0 Å². The van der Waals surface area contributed by atoms with Gasteiger partial charge in [0.2, 0.25) is 0 Å². The molecule has 0 heterocycles. The van der Waals surface area contributed by atoms with Gasteiger partial charge in [-0.3, -0.25) is 0 Å². The molecular weight excluding hydrogens is 102 g/mol. The lowest BCUT2D eigenvalue weighted by Gasteiger charge is -1.94. The number of aliphatic hydroxyl groups excluding tert-OH is 1. The van der Waals surface area contributed by atoms with Gasteiger partial charge in [-0.1, -0.05) is 13.3 Å². The van der Waals surface area contributed by atoms with Crippen molar-refractivity contribution in [2.75, 3.05) is 6.54 Å². The van der Waals surface area contributed by atoms with Gasteiger partial charge in [0.15, 0.2) is 0 Å². The second-order valence-corrected chi connectivity index (χ2v) is 1.62. The first-order chi connectivity index (χ1) is 3.91. The Hall–Kier alpha value is -0.660. The van der Waals surface area contributed by atoms with Crippen LogP contribution in [0.15, 0.2) is 12.5 Å². The van der Waals surface area contributed by atoms with Gasteiger partial charge < -0.3 is 10.4 Å². The summed E-state index contributed by atoms with van der Waals surface area (Å²) in [6.07, 6.45) is 4.89. The van der Waals surface area contributed by atoms with Crippen LogP contribution >= 0.6 is 0 Å². The van der Waals surface area contributed by atoms with Crippen LogP contribution in [0.1, 0.15) is 19.8 Å². The maximum atomic E-state index is 8.12. The first-order valence-electron chi connectivity index (χ1n) is 2.94. The predicted octanol–water partition coefficient (Wildman–Crippen LogP) is 1.41. The Morgan fingerprint density at radius 2 is 2.38 bits per heavy atom. The molecule has 0 spiro atoms. The van der Waals surface area contributed by atoms with Gasteiger partial charge in [0, 0.05) is 12.7 Å². The van der Waals surface area contributed by atoms with Crippen molar-refractivity contribution in [1.29, 1.82) is 0 Å². The molecule has 0 rings (SSSR count). The van der Waals surface area contributed by atoms with Crippen LogP contribution in [0.4, 0.5) is 0 Å². The van der Waals surface area contributed by atoms with E-state index < -0.39 is 0 Å². The zero-order valence-electron chi connectivity index (χ0n) is 5.22. The van der Waals surface area contributed by atoms with E-state index in [9.17, 15) is 0 Å². The first kappa shape index (κ1) is 7.34. The van der Waals surface area contributed by atoms with Crippen LogP contribution in [0.3, 0.4) is 0 Å². The summed E-state index contributed by atoms with van der Waals surface area (Å²) in [7, 11) is 0. The second kappa shape index (κ2) is 6.34. The molecule has 0 atom stereocenters. The van der Waals surface area contributed by atoms with Gasteiger partial charge in [-0.2, -0.15) is 0 Å². The molecule has 0 saturated heterocycles. The smallest absolute Gasteiger partial charge is 0.0948 e. The molecule has 48 valence electrons. The van der Waals surface area contributed by atoms with Gasteiger partial charge in [0.1, 0.15) is 0 Å². The van der Waals surface area contributed by atoms with Crippen molar-refractivity contribution in [3.63, 3.8) is 0 Å². The van der Waals surface area contributed by atoms with Crippen LogP contribution in [0, 0.1) is 0 Å². The van der Waals surface area contributed by atoms with Crippen LogP contribution in [0.25, 0.3) is 0 Å². The fraction of sp³-hybridized carbons (Fsp3) is 0.667. The summed E-state index contributed by atoms with van der Waals surface area (Å²) >= 11 is 0. The highest BCUT2D eigenvalue weighted by atomic mass is 16.2. The summed E-state index contributed by atoms with van der Waals surface area (Å²) in [5.41, 5.74) is 0. The van der Waals surface area contributed by atoms with Crippen LogP contribution < -0.4 is 5.32 Å². The zero-order chi connectivity index (χ0) is 6.24. The van der Waals surface area contributed by atoms with E-state index in [4.69, 9.17) is 5.11 Å². The normalized spacial score (nSPS) is 10.1. The summed E-state index contributed by atoms with van der Waals surface area (Å²) < 4.78 is 0. The van der Waals surface area contributed by atoms with Crippen molar-refractivity contribution >= 4 is 0 Å². The lowest BCUT2D eigenvalue weighted by molar-refractivity contribution is 0.468. The molecule has 0 amide bonds. The number of aliphatic hydroxyl groups is 1. The topological polar surface area (TPSA) is 32.3 Å². The van der Waals surface area contributed by atoms with E-state index in [0.29, 0.717) is 0 Å². The molecule has 0 aromatic carbocycles. The Bertz CT molecular complexity index is 61.5. The summed E-state index contributed by atoms with van der Waals surface area (Å²) in [6, 6.07) is 0. The summed E-state index contributed by atoms with van der Waals surface area (Å²) in [6.45, 7) is 3.08. The minimum absolute atomic E-state index is 0.952. The lowest BCUT2D eigenvalue weighted by atomic mass is 10.3. The van der Waals surface area contributed by atoms with Crippen molar-refractivity contribution in [3.05, 3.63) is 12.5 Å². The van der Waals surface area contributed by atoms with Crippen LogP contribution in [0.2, 0.25) is 0 Å². The molecule has 0 aromatic rings. The summed E-state index contributed by atoms with van der Waals surface area (Å²) in [5.74, 6) is 0. The maximum absolute atomic E-state index is 8.12. The van der Waals surface area contributed by atoms with Crippen molar-refractivity contribution in [3.8, 4) is 0 Å². The molecule has 0 unspecified atom stereocenters. The molecule has 2 N–H and O–H groups in total. The van der Waals surface area contributed by atoms with Crippen LogP contribution in [-0.4, -0.2) is 11.7 Å². The van der Waals surface area contributed by atoms with Crippen molar-refractivity contribution < 1.29 is 5.11 Å².